The zero-order valence-electron chi connectivity index (χ0n) is 10.1. The molecule has 0 saturated carbocycles. The van der Waals surface area contributed by atoms with Crippen molar-refractivity contribution >= 4 is 30.0 Å². The third-order valence-electron chi connectivity index (χ3n) is 1.50. The minimum absolute atomic E-state index is 0. The van der Waals surface area contributed by atoms with Gasteiger partial charge < -0.3 is 46.3 Å². The molecule has 0 unspecified atom stereocenters. The van der Waals surface area contributed by atoms with Gasteiger partial charge in [-0.25, -0.2) is 9.59 Å². The summed E-state index contributed by atoms with van der Waals surface area (Å²) in [7, 11) is 0. The summed E-state index contributed by atoms with van der Waals surface area (Å²) in [6.45, 7) is 0. The first kappa shape index (κ1) is 23.7. The van der Waals surface area contributed by atoms with Crippen LogP contribution in [0, 0.1) is 0 Å². The number of aliphatic carboxylic acids is 3. The van der Waals surface area contributed by atoms with E-state index in [-0.39, 0.29) is 16.5 Å². The number of carboxylic acids is 3. The zero-order chi connectivity index (χ0) is 16.5. The van der Waals surface area contributed by atoms with Gasteiger partial charge in [-0.15, -0.1) is 0 Å². The molecule has 0 spiro atoms. The van der Waals surface area contributed by atoms with E-state index in [2.05, 4.69) is 11.5 Å². The molecular formula is C8H10N3NiO9. The van der Waals surface area contributed by atoms with Gasteiger partial charge in [-0.3, -0.25) is 5.32 Å². The number of carbonyl (C=O) groups excluding carboxylic acids is 5. The topological polar surface area (TPSA) is 239 Å². The average Bonchev–Trinajstić information content (AvgIpc) is 2.12. The molecule has 4 amide bonds. The van der Waals surface area contributed by atoms with E-state index in [1.54, 1.807) is 5.32 Å². The molecule has 0 saturated heterocycles. The summed E-state index contributed by atoms with van der Waals surface area (Å²) in [6, 6.07) is -1.88. The number of hydrogen-bond acceptors (Lipinski definition) is 9. The standard InChI is InChI=1S/C6H8O7.C2H5N3O2.Ni/c7-3(8)1-6(13,5(11)12)2-4(9)10;3-1(6)5-2(4)7;/h13H,1-2H2,(H,7,8)(H,9,10)(H,11,12);(H5,3,4,5,6,7);/q;;+3/p-3. The molecule has 0 fully saturated rings. The molecule has 0 aromatic carbocycles. The Balaban J connectivity index is -0.000000347. The molecule has 0 rings (SSSR count). The van der Waals surface area contributed by atoms with E-state index in [1.165, 1.54) is 0 Å². The Morgan fingerprint density at radius 2 is 1.19 bits per heavy atom. The molecule has 0 aliphatic heterocycles. The van der Waals surface area contributed by atoms with Crippen molar-refractivity contribution in [3.05, 3.63) is 0 Å². The predicted octanol–water partition coefficient (Wildman–Crippen LogP) is -6.52. The fraction of sp³-hybridized carbons (Fsp3) is 0.375. The molecule has 0 aromatic rings. The van der Waals surface area contributed by atoms with Crippen molar-refractivity contribution in [2.75, 3.05) is 0 Å². The van der Waals surface area contributed by atoms with E-state index in [0.717, 1.165) is 0 Å². The second-order valence-corrected chi connectivity index (χ2v) is 3.27. The second-order valence-electron chi connectivity index (χ2n) is 3.27. The van der Waals surface area contributed by atoms with Gasteiger partial charge in [0, 0.05) is 24.8 Å². The SMILES string of the molecule is NC(=O)NC(N)=O.O=C([O-])CC(O)(CC(=O)[O-])C(=O)[O-].[Ni+3]. The summed E-state index contributed by atoms with van der Waals surface area (Å²) < 4.78 is 0. The molecule has 0 aliphatic rings. The smallest absolute Gasteiger partial charge is 0.550 e. The van der Waals surface area contributed by atoms with Crippen LogP contribution < -0.4 is 32.1 Å². The van der Waals surface area contributed by atoms with Crippen LogP contribution in [0.4, 0.5) is 9.59 Å². The van der Waals surface area contributed by atoms with E-state index >= 15 is 0 Å². The Morgan fingerprint density at radius 1 is 0.905 bits per heavy atom. The number of amides is 4. The molecule has 0 heterocycles. The van der Waals surface area contributed by atoms with Crippen LogP contribution in [-0.2, 0) is 30.9 Å². The van der Waals surface area contributed by atoms with Crippen LogP contribution in [0.1, 0.15) is 12.8 Å². The average molecular weight is 351 g/mol. The maximum Gasteiger partial charge on any atom is 3.00 e. The molecular weight excluding hydrogens is 341 g/mol. The minimum atomic E-state index is -2.97. The van der Waals surface area contributed by atoms with E-state index in [9.17, 15) is 39.3 Å². The van der Waals surface area contributed by atoms with Crippen LogP contribution in [0.5, 0.6) is 0 Å². The van der Waals surface area contributed by atoms with Crippen molar-refractivity contribution in [3.8, 4) is 0 Å². The molecule has 0 aromatic heterocycles. The molecule has 13 heteroatoms. The number of rotatable bonds is 5. The predicted molar refractivity (Wildman–Crippen MR) is 51.5 cm³/mol. The first-order valence-corrected chi connectivity index (χ1v) is 4.60. The number of nitrogens with two attached hydrogens (primary N) is 2. The number of primary amides is 2. The third kappa shape index (κ3) is 13.8. The zero-order valence-corrected chi connectivity index (χ0v) is 11.1. The van der Waals surface area contributed by atoms with Crippen LogP contribution in [0.25, 0.3) is 0 Å². The molecule has 21 heavy (non-hydrogen) atoms. The number of carbonyl (C=O) groups is 5. The largest absolute Gasteiger partial charge is 3.00 e. The Bertz CT molecular complexity index is 397. The quantitative estimate of drug-likeness (QED) is 0.344. The first-order valence-electron chi connectivity index (χ1n) is 4.60. The number of carboxylic acid groups (broad SMARTS) is 3. The molecule has 121 valence electrons. The summed E-state index contributed by atoms with van der Waals surface area (Å²) in [5.74, 6) is -5.98. The molecule has 0 aliphatic carbocycles. The van der Waals surface area contributed by atoms with E-state index in [0.29, 0.717) is 0 Å². The number of aliphatic hydroxyl groups is 1. The van der Waals surface area contributed by atoms with Gasteiger partial charge in [0.05, 0.1) is 5.97 Å². The van der Waals surface area contributed by atoms with Crippen LogP contribution in [0.2, 0.25) is 0 Å². The van der Waals surface area contributed by atoms with Gasteiger partial charge in [0.1, 0.15) is 5.60 Å². The van der Waals surface area contributed by atoms with Gasteiger partial charge in [-0.05, 0) is 0 Å². The second kappa shape index (κ2) is 10.4. The maximum absolute atomic E-state index is 10.1. The fourth-order valence-electron chi connectivity index (χ4n) is 0.806. The normalized spacial score (nSPS) is 9.19. The van der Waals surface area contributed by atoms with Crippen molar-refractivity contribution in [1.82, 2.24) is 5.32 Å². The number of imide groups is 1. The summed E-state index contributed by atoms with van der Waals surface area (Å²) in [6.07, 6.45) is -2.72. The van der Waals surface area contributed by atoms with Crippen molar-refractivity contribution < 1.29 is 60.9 Å². The number of urea groups is 2. The van der Waals surface area contributed by atoms with Gasteiger partial charge >= 0.3 is 28.6 Å². The minimum Gasteiger partial charge on any atom is -0.550 e. The van der Waals surface area contributed by atoms with Crippen molar-refractivity contribution in [3.63, 3.8) is 0 Å². The fourth-order valence-corrected chi connectivity index (χ4v) is 0.806. The Hall–Kier alpha value is -2.40. The third-order valence-corrected chi connectivity index (χ3v) is 1.50. The monoisotopic (exact) mass is 350 g/mol. The van der Waals surface area contributed by atoms with Gasteiger partial charge in [0.15, 0.2) is 0 Å². The van der Waals surface area contributed by atoms with Gasteiger partial charge in [0.25, 0.3) is 0 Å². The van der Waals surface area contributed by atoms with Crippen molar-refractivity contribution in [2.45, 2.75) is 18.4 Å². The summed E-state index contributed by atoms with van der Waals surface area (Å²) in [5.41, 5.74) is 5.91. The van der Waals surface area contributed by atoms with E-state index in [1.807, 2.05) is 0 Å². The van der Waals surface area contributed by atoms with Crippen LogP contribution in [-0.4, -0.2) is 40.7 Å². The van der Waals surface area contributed by atoms with E-state index < -0.39 is 48.4 Å². The molecule has 0 bridgehead atoms. The summed E-state index contributed by atoms with van der Waals surface area (Å²) in [4.78, 5) is 49.2. The molecule has 6 N–H and O–H groups in total. The van der Waals surface area contributed by atoms with Crippen LogP contribution in [0.3, 0.4) is 0 Å². The van der Waals surface area contributed by atoms with E-state index in [4.69, 9.17) is 5.11 Å². The molecule has 12 nitrogen and oxygen atoms in total. The van der Waals surface area contributed by atoms with Crippen molar-refractivity contribution in [2.24, 2.45) is 11.5 Å². The van der Waals surface area contributed by atoms with Gasteiger partial charge in [0.2, 0.25) is 0 Å². The maximum atomic E-state index is 10.1. The summed E-state index contributed by atoms with van der Waals surface area (Å²) in [5, 5.41) is 40.5. The van der Waals surface area contributed by atoms with Gasteiger partial charge in [-0.2, -0.15) is 0 Å². The Kier molecular flexibility index (Phi) is 11.7. The molecule has 0 atom stereocenters. The Morgan fingerprint density at radius 3 is 1.29 bits per heavy atom. The van der Waals surface area contributed by atoms with Crippen molar-refractivity contribution in [1.29, 1.82) is 0 Å². The molecule has 1 radical (unpaired) electrons. The first-order chi connectivity index (χ1) is 8.90. The Labute approximate surface area is 127 Å². The summed E-state index contributed by atoms with van der Waals surface area (Å²) >= 11 is 0. The number of nitrogens with one attached hydrogen (secondary N) is 1. The number of hydrogen-bond donors (Lipinski definition) is 4. The van der Waals surface area contributed by atoms with Crippen LogP contribution >= 0.6 is 0 Å². The van der Waals surface area contributed by atoms with Gasteiger partial charge in [-0.1, -0.05) is 0 Å². The van der Waals surface area contributed by atoms with Crippen LogP contribution in [0.15, 0.2) is 0 Å².